The number of aryl methyl sites for hydroxylation is 1. The van der Waals surface area contributed by atoms with Gasteiger partial charge in [0.25, 0.3) is 0 Å². The summed E-state index contributed by atoms with van der Waals surface area (Å²) in [6.45, 7) is 2.44. The highest BCUT2D eigenvalue weighted by Crippen LogP contribution is 2.08. The Morgan fingerprint density at radius 2 is 2.00 bits per heavy atom. The molecule has 1 heteroatoms. The fourth-order valence-corrected chi connectivity index (χ4v) is 1.59. The fourth-order valence-electron chi connectivity index (χ4n) is 1.59. The van der Waals surface area contributed by atoms with Gasteiger partial charge in [0.2, 0.25) is 0 Å². The topological polar surface area (TPSA) is 20.2 Å². The summed E-state index contributed by atoms with van der Waals surface area (Å²) >= 11 is 0. The van der Waals surface area contributed by atoms with Crippen LogP contribution in [0, 0.1) is 0 Å². The Bertz CT molecular complexity index is 287. The van der Waals surface area contributed by atoms with Gasteiger partial charge in [0, 0.05) is 6.61 Å². The van der Waals surface area contributed by atoms with Crippen molar-refractivity contribution in [3.63, 3.8) is 0 Å². The van der Waals surface area contributed by atoms with Gasteiger partial charge in [0.15, 0.2) is 0 Å². The second kappa shape index (κ2) is 7.24. The molecule has 0 aromatic heterocycles. The lowest BCUT2D eigenvalue weighted by molar-refractivity contribution is 0.288. The SMILES string of the molecule is C/C(=C/CCc1ccccc1)CCCO. The lowest BCUT2D eigenvalue weighted by Crippen LogP contribution is -1.86. The summed E-state index contributed by atoms with van der Waals surface area (Å²) < 4.78 is 0. The van der Waals surface area contributed by atoms with Crippen molar-refractivity contribution in [3.8, 4) is 0 Å². The molecule has 0 bridgehead atoms. The van der Waals surface area contributed by atoms with Gasteiger partial charge in [0.05, 0.1) is 0 Å². The minimum atomic E-state index is 0.296. The molecule has 0 fully saturated rings. The largest absolute Gasteiger partial charge is 0.396 e. The average molecular weight is 204 g/mol. The molecule has 1 nitrogen and oxygen atoms in total. The molecule has 0 heterocycles. The van der Waals surface area contributed by atoms with Crippen molar-refractivity contribution in [1.29, 1.82) is 0 Å². The molecule has 0 saturated heterocycles. The molecule has 1 rings (SSSR count). The van der Waals surface area contributed by atoms with E-state index in [0.29, 0.717) is 6.61 Å². The molecule has 1 aromatic carbocycles. The Hall–Kier alpha value is -1.08. The van der Waals surface area contributed by atoms with E-state index in [2.05, 4.69) is 37.3 Å². The Morgan fingerprint density at radius 1 is 1.27 bits per heavy atom. The van der Waals surface area contributed by atoms with Gasteiger partial charge in [-0.1, -0.05) is 42.0 Å². The highest BCUT2D eigenvalue weighted by atomic mass is 16.2. The zero-order valence-electron chi connectivity index (χ0n) is 9.45. The number of hydrogen-bond donors (Lipinski definition) is 1. The standard InChI is InChI=1S/C14H20O/c1-13(8-6-12-15)7-5-11-14-9-3-2-4-10-14/h2-4,7,9-10,15H,5-6,8,11-12H2,1H3/b13-7-. The van der Waals surface area contributed by atoms with E-state index < -0.39 is 0 Å². The maximum atomic E-state index is 8.69. The molecule has 0 aliphatic carbocycles. The maximum Gasteiger partial charge on any atom is 0.0434 e. The first kappa shape index (κ1) is 12.0. The molecule has 82 valence electrons. The number of hydrogen-bond acceptors (Lipinski definition) is 1. The molecule has 0 aliphatic rings. The summed E-state index contributed by atoms with van der Waals surface area (Å²) in [6.07, 6.45) is 6.39. The maximum absolute atomic E-state index is 8.69. The number of aliphatic hydroxyl groups excluding tert-OH is 1. The lowest BCUT2D eigenvalue weighted by Gasteiger charge is -2.00. The van der Waals surface area contributed by atoms with E-state index >= 15 is 0 Å². The van der Waals surface area contributed by atoms with Gasteiger partial charge in [-0.15, -0.1) is 0 Å². The molecule has 0 amide bonds. The highest BCUT2D eigenvalue weighted by Gasteiger charge is 1.91. The summed E-state index contributed by atoms with van der Waals surface area (Å²) in [7, 11) is 0. The van der Waals surface area contributed by atoms with Crippen molar-refractivity contribution in [2.75, 3.05) is 6.61 Å². The van der Waals surface area contributed by atoms with Crippen LogP contribution in [0.4, 0.5) is 0 Å². The van der Waals surface area contributed by atoms with Crippen LogP contribution in [0.5, 0.6) is 0 Å². The van der Waals surface area contributed by atoms with Crippen LogP contribution in [-0.2, 0) is 6.42 Å². The second-order valence-electron chi connectivity index (χ2n) is 3.90. The van der Waals surface area contributed by atoms with Crippen molar-refractivity contribution in [3.05, 3.63) is 47.5 Å². The van der Waals surface area contributed by atoms with Gasteiger partial charge in [-0.25, -0.2) is 0 Å². The number of aliphatic hydroxyl groups is 1. The molecule has 0 spiro atoms. The van der Waals surface area contributed by atoms with Crippen molar-refractivity contribution in [2.24, 2.45) is 0 Å². The molecule has 0 unspecified atom stereocenters. The normalized spacial score (nSPS) is 11.7. The third-order valence-corrected chi connectivity index (χ3v) is 2.50. The predicted octanol–water partition coefficient (Wildman–Crippen LogP) is 3.34. The summed E-state index contributed by atoms with van der Waals surface area (Å²) in [5, 5.41) is 8.69. The first-order chi connectivity index (χ1) is 7.33. The number of benzene rings is 1. The van der Waals surface area contributed by atoms with E-state index in [9.17, 15) is 0 Å². The third kappa shape index (κ3) is 5.38. The summed E-state index contributed by atoms with van der Waals surface area (Å²) in [5.74, 6) is 0. The highest BCUT2D eigenvalue weighted by molar-refractivity contribution is 5.15. The van der Waals surface area contributed by atoms with E-state index in [-0.39, 0.29) is 0 Å². The fraction of sp³-hybridized carbons (Fsp3) is 0.429. The number of allylic oxidation sites excluding steroid dienone is 2. The number of rotatable bonds is 6. The van der Waals surface area contributed by atoms with Crippen LogP contribution in [0.1, 0.15) is 31.7 Å². The summed E-state index contributed by atoms with van der Waals surface area (Å²) in [5.41, 5.74) is 2.78. The summed E-state index contributed by atoms with van der Waals surface area (Å²) in [6, 6.07) is 10.5. The van der Waals surface area contributed by atoms with E-state index in [4.69, 9.17) is 5.11 Å². The van der Waals surface area contributed by atoms with Gasteiger partial charge in [0.1, 0.15) is 0 Å². The van der Waals surface area contributed by atoms with Gasteiger partial charge in [-0.05, 0) is 38.2 Å². The molecule has 0 saturated carbocycles. The summed E-state index contributed by atoms with van der Waals surface area (Å²) in [4.78, 5) is 0. The molecule has 15 heavy (non-hydrogen) atoms. The first-order valence-corrected chi connectivity index (χ1v) is 5.63. The molecule has 0 radical (unpaired) electrons. The van der Waals surface area contributed by atoms with Crippen LogP contribution in [0.3, 0.4) is 0 Å². The Balaban J connectivity index is 2.26. The van der Waals surface area contributed by atoms with Crippen LogP contribution in [0.25, 0.3) is 0 Å². The molecule has 1 aromatic rings. The molecular formula is C14H20O. The van der Waals surface area contributed by atoms with Gasteiger partial charge in [-0.2, -0.15) is 0 Å². The Labute approximate surface area is 92.5 Å². The van der Waals surface area contributed by atoms with Gasteiger partial charge >= 0.3 is 0 Å². The Morgan fingerprint density at radius 3 is 2.67 bits per heavy atom. The monoisotopic (exact) mass is 204 g/mol. The Kier molecular flexibility index (Phi) is 5.79. The minimum absolute atomic E-state index is 0.296. The zero-order chi connectivity index (χ0) is 10.9. The van der Waals surface area contributed by atoms with Crippen molar-refractivity contribution in [2.45, 2.75) is 32.6 Å². The first-order valence-electron chi connectivity index (χ1n) is 5.63. The van der Waals surface area contributed by atoms with Gasteiger partial charge in [-0.3, -0.25) is 0 Å². The second-order valence-corrected chi connectivity index (χ2v) is 3.90. The van der Waals surface area contributed by atoms with Crippen LogP contribution in [0.15, 0.2) is 42.0 Å². The van der Waals surface area contributed by atoms with Crippen LogP contribution < -0.4 is 0 Å². The quantitative estimate of drug-likeness (QED) is 0.705. The van der Waals surface area contributed by atoms with Crippen molar-refractivity contribution in [1.82, 2.24) is 0 Å². The van der Waals surface area contributed by atoms with Crippen LogP contribution in [-0.4, -0.2) is 11.7 Å². The van der Waals surface area contributed by atoms with E-state index in [0.717, 1.165) is 25.7 Å². The lowest BCUT2D eigenvalue weighted by atomic mass is 10.1. The molecular weight excluding hydrogens is 184 g/mol. The third-order valence-electron chi connectivity index (χ3n) is 2.50. The van der Waals surface area contributed by atoms with Crippen LogP contribution >= 0.6 is 0 Å². The predicted molar refractivity (Wildman–Crippen MR) is 64.8 cm³/mol. The van der Waals surface area contributed by atoms with Crippen LogP contribution in [0.2, 0.25) is 0 Å². The molecule has 1 N–H and O–H groups in total. The van der Waals surface area contributed by atoms with E-state index in [1.807, 2.05) is 6.07 Å². The average Bonchev–Trinajstić information content (AvgIpc) is 2.28. The van der Waals surface area contributed by atoms with Crippen molar-refractivity contribution < 1.29 is 5.11 Å². The van der Waals surface area contributed by atoms with E-state index in [1.165, 1.54) is 11.1 Å². The van der Waals surface area contributed by atoms with Crippen molar-refractivity contribution >= 4 is 0 Å². The molecule has 0 atom stereocenters. The molecule has 0 aliphatic heterocycles. The minimum Gasteiger partial charge on any atom is -0.396 e. The smallest absolute Gasteiger partial charge is 0.0434 e. The van der Waals surface area contributed by atoms with Gasteiger partial charge < -0.3 is 5.11 Å². The zero-order valence-corrected chi connectivity index (χ0v) is 9.45. The van der Waals surface area contributed by atoms with E-state index in [1.54, 1.807) is 0 Å².